The van der Waals surface area contributed by atoms with Gasteiger partial charge in [-0.1, -0.05) is 12.1 Å². The Morgan fingerprint density at radius 2 is 1.83 bits per heavy atom. The monoisotopic (exact) mass is 169 g/mol. The third-order valence-corrected chi connectivity index (χ3v) is 1.28. The number of aliphatic hydroxyl groups is 2. The third kappa shape index (κ3) is 2.41. The minimum absolute atomic E-state index is 0.0215. The number of aromatic hydroxyl groups is 1. The first-order valence-electron chi connectivity index (χ1n) is 3.50. The van der Waals surface area contributed by atoms with Crippen LogP contribution in [-0.2, 0) is 0 Å². The first kappa shape index (κ1) is 8.83. The molecule has 4 N–H and O–H groups in total. The van der Waals surface area contributed by atoms with Crippen molar-refractivity contribution in [2.45, 2.75) is 12.8 Å². The van der Waals surface area contributed by atoms with Crippen LogP contribution in [0.4, 0.5) is 5.69 Å². The summed E-state index contributed by atoms with van der Waals surface area (Å²) in [7, 11) is 0. The first-order chi connectivity index (χ1) is 5.49. The van der Waals surface area contributed by atoms with Crippen molar-refractivity contribution >= 4 is 5.69 Å². The normalized spacial score (nSPS) is 11.2. The van der Waals surface area contributed by atoms with Gasteiger partial charge in [-0.2, -0.15) is 0 Å². The van der Waals surface area contributed by atoms with Gasteiger partial charge < -0.3 is 20.6 Å². The van der Waals surface area contributed by atoms with Crippen LogP contribution in [0.3, 0.4) is 0 Å². The molecule has 66 valence electrons. The van der Waals surface area contributed by atoms with Crippen LogP contribution < -0.4 is 5.32 Å². The van der Waals surface area contributed by atoms with Crippen LogP contribution in [0.5, 0.6) is 5.75 Å². The maximum atomic E-state index is 9.19. The Kier molecular flexibility index (Phi) is 2.21. The van der Waals surface area contributed by atoms with Crippen LogP contribution in [0.15, 0.2) is 24.3 Å². The van der Waals surface area contributed by atoms with E-state index in [4.69, 9.17) is 10.2 Å². The van der Waals surface area contributed by atoms with Crippen LogP contribution in [0.1, 0.15) is 6.92 Å². The highest BCUT2D eigenvalue weighted by Crippen LogP contribution is 2.23. The van der Waals surface area contributed by atoms with Gasteiger partial charge in [0, 0.05) is 6.92 Å². The van der Waals surface area contributed by atoms with Gasteiger partial charge >= 0.3 is 0 Å². The quantitative estimate of drug-likeness (QED) is 0.383. The van der Waals surface area contributed by atoms with E-state index in [0.717, 1.165) is 0 Å². The Balaban J connectivity index is 2.83. The van der Waals surface area contributed by atoms with Crippen molar-refractivity contribution in [3.8, 4) is 5.75 Å². The van der Waals surface area contributed by atoms with Crippen LogP contribution in [0, 0.1) is 0 Å². The zero-order chi connectivity index (χ0) is 9.19. The number of hydrogen-bond acceptors (Lipinski definition) is 4. The Morgan fingerprint density at radius 1 is 1.25 bits per heavy atom. The molecular weight excluding hydrogens is 158 g/mol. The molecule has 0 saturated heterocycles. The van der Waals surface area contributed by atoms with E-state index in [0.29, 0.717) is 0 Å². The summed E-state index contributed by atoms with van der Waals surface area (Å²) in [4.78, 5) is 0. The highest BCUT2D eigenvalue weighted by Gasteiger charge is 2.15. The molecule has 0 heterocycles. The number of benzene rings is 1. The molecule has 0 aliphatic rings. The molecule has 0 fully saturated rings. The van der Waals surface area contributed by atoms with Gasteiger partial charge in [-0.25, -0.2) is 0 Å². The van der Waals surface area contributed by atoms with E-state index in [1.165, 1.54) is 13.0 Å². The van der Waals surface area contributed by atoms with Gasteiger partial charge in [-0.15, -0.1) is 0 Å². The molecule has 0 unspecified atom stereocenters. The smallest absolute Gasteiger partial charge is 0.241 e. The molecule has 4 nitrogen and oxygen atoms in total. The lowest BCUT2D eigenvalue weighted by Crippen LogP contribution is -2.33. The molecule has 0 aliphatic carbocycles. The lowest BCUT2D eigenvalue weighted by molar-refractivity contribution is -0.118. The predicted molar refractivity (Wildman–Crippen MR) is 44.6 cm³/mol. The Morgan fingerprint density at radius 3 is 2.33 bits per heavy atom. The van der Waals surface area contributed by atoms with Crippen molar-refractivity contribution in [2.75, 3.05) is 5.32 Å². The predicted octanol–water partition coefficient (Wildman–Crippen LogP) is 0.462. The van der Waals surface area contributed by atoms with Crippen LogP contribution in [0.25, 0.3) is 0 Å². The Hall–Kier alpha value is -1.26. The van der Waals surface area contributed by atoms with E-state index >= 15 is 0 Å². The second kappa shape index (κ2) is 3.00. The van der Waals surface area contributed by atoms with Crippen molar-refractivity contribution in [1.29, 1.82) is 0 Å². The number of nitrogens with one attached hydrogen (secondary N) is 1. The summed E-state index contributed by atoms with van der Waals surface area (Å²) in [5.41, 5.74) is 0.282. The number of rotatable bonds is 2. The summed E-state index contributed by atoms with van der Waals surface area (Å²) in [6.45, 7) is 1.17. The fourth-order valence-corrected chi connectivity index (χ4v) is 0.834. The number of anilines is 1. The molecule has 1 aromatic rings. The minimum atomic E-state index is -2.02. The first-order valence-corrected chi connectivity index (χ1v) is 3.50. The molecule has 0 saturated carbocycles. The molecule has 4 heteroatoms. The average Bonchev–Trinajstić information content (AvgIpc) is 1.91. The van der Waals surface area contributed by atoms with Crippen LogP contribution >= 0.6 is 0 Å². The zero-order valence-corrected chi connectivity index (χ0v) is 6.65. The summed E-state index contributed by atoms with van der Waals surface area (Å²) in [6.07, 6.45) is 0. The van der Waals surface area contributed by atoms with Crippen molar-refractivity contribution < 1.29 is 15.3 Å². The van der Waals surface area contributed by atoms with Crippen LogP contribution in [-0.4, -0.2) is 21.2 Å². The van der Waals surface area contributed by atoms with E-state index < -0.39 is 5.91 Å². The molecule has 0 aromatic heterocycles. The molecule has 1 rings (SSSR count). The maximum Gasteiger partial charge on any atom is 0.241 e. The van der Waals surface area contributed by atoms with Gasteiger partial charge in [0.15, 0.2) is 0 Å². The molecule has 0 spiro atoms. The third-order valence-electron chi connectivity index (χ3n) is 1.28. The molecule has 0 aliphatic heterocycles. The molecule has 0 bridgehead atoms. The van der Waals surface area contributed by atoms with Crippen molar-refractivity contribution in [1.82, 2.24) is 0 Å². The second-order valence-electron chi connectivity index (χ2n) is 2.66. The van der Waals surface area contributed by atoms with E-state index in [1.807, 2.05) is 0 Å². The summed E-state index contributed by atoms with van der Waals surface area (Å²) in [6, 6.07) is 6.31. The minimum Gasteiger partial charge on any atom is -0.506 e. The number of phenols is 1. The highest BCUT2D eigenvalue weighted by molar-refractivity contribution is 5.55. The van der Waals surface area contributed by atoms with Gasteiger partial charge in [-0.05, 0) is 12.1 Å². The van der Waals surface area contributed by atoms with Crippen molar-refractivity contribution in [2.24, 2.45) is 0 Å². The number of hydrogen-bond donors (Lipinski definition) is 4. The van der Waals surface area contributed by atoms with Crippen molar-refractivity contribution in [3.05, 3.63) is 24.3 Å². The molecule has 0 amide bonds. The van der Waals surface area contributed by atoms with Gasteiger partial charge in [0.1, 0.15) is 5.75 Å². The van der Waals surface area contributed by atoms with E-state index in [2.05, 4.69) is 5.32 Å². The lowest BCUT2D eigenvalue weighted by Gasteiger charge is -2.19. The van der Waals surface area contributed by atoms with E-state index in [9.17, 15) is 5.11 Å². The molecule has 1 aromatic carbocycles. The Bertz CT molecular complexity index is 267. The second-order valence-corrected chi connectivity index (χ2v) is 2.66. The largest absolute Gasteiger partial charge is 0.506 e. The topological polar surface area (TPSA) is 72.7 Å². The Labute approximate surface area is 70.1 Å². The zero-order valence-electron chi connectivity index (χ0n) is 6.65. The van der Waals surface area contributed by atoms with Gasteiger partial charge in [0.2, 0.25) is 5.91 Å². The molecule has 0 atom stereocenters. The van der Waals surface area contributed by atoms with E-state index in [1.54, 1.807) is 18.2 Å². The van der Waals surface area contributed by atoms with Gasteiger partial charge in [0.05, 0.1) is 5.69 Å². The number of phenolic OH excluding ortho intramolecular Hbond substituents is 1. The van der Waals surface area contributed by atoms with Gasteiger partial charge in [0.25, 0.3) is 0 Å². The highest BCUT2D eigenvalue weighted by atomic mass is 16.5. The SMILES string of the molecule is CC(O)(O)Nc1ccccc1O. The van der Waals surface area contributed by atoms with Crippen molar-refractivity contribution in [3.63, 3.8) is 0 Å². The maximum absolute atomic E-state index is 9.19. The molecule has 0 radical (unpaired) electrons. The van der Waals surface area contributed by atoms with Gasteiger partial charge in [-0.3, -0.25) is 0 Å². The summed E-state index contributed by atoms with van der Waals surface area (Å²) in [5, 5.41) is 29.4. The summed E-state index contributed by atoms with van der Waals surface area (Å²) in [5.74, 6) is -2.04. The molecular formula is C8H11NO3. The average molecular weight is 169 g/mol. The standard InChI is InChI=1S/C8H11NO3/c1-8(11,12)9-6-4-2-3-5-7(6)10/h2-5,9-12H,1H3. The number of para-hydroxylation sites is 2. The lowest BCUT2D eigenvalue weighted by atomic mass is 10.3. The fraction of sp³-hybridized carbons (Fsp3) is 0.250. The van der Waals surface area contributed by atoms with Crippen LogP contribution in [0.2, 0.25) is 0 Å². The summed E-state index contributed by atoms with van der Waals surface area (Å²) < 4.78 is 0. The fourth-order valence-electron chi connectivity index (χ4n) is 0.834. The molecule has 12 heavy (non-hydrogen) atoms. The summed E-state index contributed by atoms with van der Waals surface area (Å²) >= 11 is 0. The van der Waals surface area contributed by atoms with E-state index in [-0.39, 0.29) is 11.4 Å².